The molecular weight excluding hydrogens is 353 g/mol. The lowest BCUT2D eigenvalue weighted by atomic mass is 10.2. The molecule has 8 nitrogen and oxygen atoms in total. The summed E-state index contributed by atoms with van der Waals surface area (Å²) in [4.78, 5) is 27.2. The molecule has 1 aromatic carbocycles. The Labute approximate surface area is 144 Å². The van der Waals surface area contributed by atoms with Crippen LogP contribution in [0.3, 0.4) is 0 Å². The fourth-order valence-corrected chi connectivity index (χ4v) is 2.66. The van der Waals surface area contributed by atoms with Crippen LogP contribution in [0.2, 0.25) is 0 Å². The van der Waals surface area contributed by atoms with Gasteiger partial charge in [-0.1, -0.05) is 11.2 Å². The number of carbonyl (C=O) groups is 1. The number of thiophene rings is 1. The zero-order valence-electron chi connectivity index (χ0n) is 12.7. The number of hydrogen-bond acceptors (Lipinski definition) is 8. The van der Waals surface area contributed by atoms with E-state index < -0.39 is 34.1 Å². The van der Waals surface area contributed by atoms with E-state index in [0.29, 0.717) is 5.82 Å². The number of carbonyl (C=O) groups excluding carboxylic acids is 1. The first-order chi connectivity index (χ1) is 12.0. The summed E-state index contributed by atoms with van der Waals surface area (Å²) in [5, 5.41) is 16.6. The summed E-state index contributed by atoms with van der Waals surface area (Å²) in [6, 6.07) is 6.16. The highest BCUT2D eigenvalue weighted by Crippen LogP contribution is 2.26. The van der Waals surface area contributed by atoms with Gasteiger partial charge in [-0.15, -0.1) is 11.3 Å². The number of halogens is 1. The van der Waals surface area contributed by atoms with E-state index in [0.717, 1.165) is 23.1 Å². The molecule has 0 aliphatic carbocycles. The molecule has 10 heteroatoms. The Morgan fingerprint density at radius 3 is 2.92 bits per heavy atom. The number of ether oxygens (including phenoxy) is 1. The molecule has 0 aliphatic heterocycles. The van der Waals surface area contributed by atoms with E-state index in [1.807, 2.05) is 11.4 Å². The zero-order chi connectivity index (χ0) is 18.0. The minimum absolute atomic E-state index is 0.0239. The normalized spacial score (nSPS) is 11.9. The Hall–Kier alpha value is -3.14. The van der Waals surface area contributed by atoms with Crippen LogP contribution in [0.5, 0.6) is 0 Å². The maximum atomic E-state index is 13.3. The molecule has 0 radical (unpaired) electrons. The lowest BCUT2D eigenvalue weighted by molar-refractivity contribution is -0.385. The molecule has 0 spiro atoms. The summed E-state index contributed by atoms with van der Waals surface area (Å²) in [6.45, 7) is 1.47. The van der Waals surface area contributed by atoms with E-state index in [1.165, 1.54) is 18.3 Å². The molecule has 25 heavy (non-hydrogen) atoms. The summed E-state index contributed by atoms with van der Waals surface area (Å²) >= 11 is 1.41. The van der Waals surface area contributed by atoms with Crippen LogP contribution in [0.4, 0.5) is 10.1 Å². The van der Waals surface area contributed by atoms with Crippen LogP contribution in [0, 0.1) is 15.9 Å². The Bertz CT molecular complexity index is 925. The fraction of sp³-hybridized carbons (Fsp3) is 0.133. The monoisotopic (exact) mass is 363 g/mol. The molecule has 0 fully saturated rings. The Morgan fingerprint density at radius 2 is 2.24 bits per heavy atom. The van der Waals surface area contributed by atoms with E-state index in [9.17, 15) is 19.3 Å². The van der Waals surface area contributed by atoms with E-state index in [2.05, 4.69) is 10.1 Å². The van der Waals surface area contributed by atoms with Gasteiger partial charge in [-0.3, -0.25) is 10.1 Å². The van der Waals surface area contributed by atoms with Crippen molar-refractivity contribution in [1.29, 1.82) is 0 Å². The van der Waals surface area contributed by atoms with Gasteiger partial charge in [0.1, 0.15) is 11.4 Å². The molecule has 0 aliphatic rings. The molecule has 1 atom stereocenters. The van der Waals surface area contributed by atoms with E-state index in [4.69, 9.17) is 9.26 Å². The predicted octanol–water partition coefficient (Wildman–Crippen LogP) is 3.76. The molecule has 2 aromatic heterocycles. The van der Waals surface area contributed by atoms with Crippen molar-refractivity contribution in [3.63, 3.8) is 0 Å². The maximum Gasteiger partial charge on any atom is 0.346 e. The van der Waals surface area contributed by atoms with Crippen molar-refractivity contribution in [3.05, 3.63) is 63.1 Å². The average Bonchev–Trinajstić information content (AvgIpc) is 3.25. The molecule has 2 heterocycles. The highest BCUT2D eigenvalue weighted by molar-refractivity contribution is 7.13. The van der Waals surface area contributed by atoms with Gasteiger partial charge in [0, 0.05) is 6.07 Å². The van der Waals surface area contributed by atoms with E-state index >= 15 is 0 Å². The van der Waals surface area contributed by atoms with Crippen molar-refractivity contribution in [3.8, 4) is 10.7 Å². The van der Waals surface area contributed by atoms with Gasteiger partial charge >= 0.3 is 5.97 Å². The fourth-order valence-electron chi connectivity index (χ4n) is 2.01. The second kappa shape index (κ2) is 6.77. The van der Waals surface area contributed by atoms with Crippen LogP contribution in [-0.4, -0.2) is 21.0 Å². The maximum absolute atomic E-state index is 13.3. The topological polar surface area (TPSA) is 108 Å². The predicted molar refractivity (Wildman–Crippen MR) is 84.5 cm³/mol. The van der Waals surface area contributed by atoms with Gasteiger partial charge in [0.2, 0.25) is 5.82 Å². The van der Waals surface area contributed by atoms with Crippen molar-refractivity contribution in [2.45, 2.75) is 13.0 Å². The molecule has 0 saturated heterocycles. The molecule has 0 saturated carbocycles. The van der Waals surface area contributed by atoms with Gasteiger partial charge in [-0.25, -0.2) is 9.18 Å². The lowest BCUT2D eigenvalue weighted by Gasteiger charge is -2.09. The molecular formula is C15H10FN3O5S. The number of aromatic nitrogens is 2. The Kier molecular flexibility index (Phi) is 4.52. The molecule has 0 amide bonds. The number of rotatable bonds is 5. The van der Waals surface area contributed by atoms with Crippen molar-refractivity contribution >= 4 is 23.0 Å². The third-order valence-electron chi connectivity index (χ3n) is 3.19. The van der Waals surface area contributed by atoms with Gasteiger partial charge in [0.05, 0.1) is 9.80 Å². The van der Waals surface area contributed by atoms with Crippen molar-refractivity contribution in [2.75, 3.05) is 0 Å². The molecule has 3 rings (SSSR count). The SMILES string of the molecule is C[C@@H](OC(=O)c1cc(F)ccc1[N+](=O)[O-])c1nc(-c2cccs2)no1. The first-order valence-electron chi connectivity index (χ1n) is 6.98. The number of nitro groups is 1. The minimum atomic E-state index is -1.06. The van der Waals surface area contributed by atoms with Crippen LogP contribution < -0.4 is 0 Å². The first kappa shape index (κ1) is 16.7. The first-order valence-corrected chi connectivity index (χ1v) is 7.86. The second-order valence-electron chi connectivity index (χ2n) is 4.90. The number of nitro benzene ring substituents is 1. The molecule has 0 N–H and O–H groups in total. The van der Waals surface area contributed by atoms with Gasteiger partial charge in [0.25, 0.3) is 11.6 Å². The standard InChI is InChI=1S/C15H10FN3O5S/c1-8(14-17-13(18-24-14)12-3-2-6-25-12)23-15(20)10-7-9(16)4-5-11(10)19(21)22/h2-8H,1H3/t8-/m1/s1. The number of nitrogens with zero attached hydrogens (tertiary/aromatic N) is 3. The second-order valence-corrected chi connectivity index (χ2v) is 5.85. The summed E-state index contributed by atoms with van der Waals surface area (Å²) < 4.78 is 23.5. The van der Waals surface area contributed by atoms with E-state index in [-0.39, 0.29) is 5.89 Å². The smallest absolute Gasteiger partial charge is 0.346 e. The third-order valence-corrected chi connectivity index (χ3v) is 4.06. The van der Waals surface area contributed by atoms with Gasteiger partial charge in [-0.05, 0) is 30.5 Å². The number of esters is 1. The van der Waals surface area contributed by atoms with Crippen LogP contribution in [0.25, 0.3) is 10.7 Å². The van der Waals surface area contributed by atoms with Crippen molar-refractivity contribution in [2.24, 2.45) is 0 Å². The summed E-state index contributed by atoms with van der Waals surface area (Å²) in [6.07, 6.45) is -0.961. The third kappa shape index (κ3) is 3.53. The molecule has 0 unspecified atom stereocenters. The number of hydrogen-bond donors (Lipinski definition) is 0. The minimum Gasteiger partial charge on any atom is -0.449 e. The summed E-state index contributed by atoms with van der Waals surface area (Å²) in [7, 11) is 0. The zero-order valence-corrected chi connectivity index (χ0v) is 13.5. The summed E-state index contributed by atoms with van der Waals surface area (Å²) in [5.74, 6) is -1.49. The summed E-state index contributed by atoms with van der Waals surface area (Å²) in [5.41, 5.74) is -1.04. The largest absolute Gasteiger partial charge is 0.449 e. The van der Waals surface area contributed by atoms with Crippen molar-refractivity contribution in [1.82, 2.24) is 10.1 Å². The van der Waals surface area contributed by atoms with Gasteiger partial charge < -0.3 is 9.26 Å². The number of benzene rings is 1. The Morgan fingerprint density at radius 1 is 1.44 bits per heavy atom. The van der Waals surface area contributed by atoms with Crippen molar-refractivity contribution < 1.29 is 23.4 Å². The quantitative estimate of drug-likeness (QED) is 0.386. The lowest BCUT2D eigenvalue weighted by Crippen LogP contribution is -2.12. The van der Waals surface area contributed by atoms with Crippen LogP contribution in [0.15, 0.2) is 40.2 Å². The average molecular weight is 363 g/mol. The van der Waals surface area contributed by atoms with Crippen LogP contribution >= 0.6 is 11.3 Å². The highest BCUT2D eigenvalue weighted by Gasteiger charge is 2.26. The van der Waals surface area contributed by atoms with Gasteiger partial charge in [-0.2, -0.15) is 4.98 Å². The highest BCUT2D eigenvalue weighted by atomic mass is 32.1. The van der Waals surface area contributed by atoms with Crippen LogP contribution in [-0.2, 0) is 4.74 Å². The van der Waals surface area contributed by atoms with Gasteiger partial charge in [0.15, 0.2) is 6.10 Å². The van der Waals surface area contributed by atoms with Crippen LogP contribution in [0.1, 0.15) is 29.3 Å². The molecule has 0 bridgehead atoms. The van der Waals surface area contributed by atoms with E-state index in [1.54, 1.807) is 6.07 Å². The molecule has 128 valence electrons. The Balaban J connectivity index is 1.79. The molecule has 3 aromatic rings.